The fourth-order valence-corrected chi connectivity index (χ4v) is 3.40. The maximum Gasteiger partial charge on any atom is 0.295 e. The van der Waals surface area contributed by atoms with Crippen LogP contribution >= 0.6 is 0 Å². The van der Waals surface area contributed by atoms with Gasteiger partial charge in [0.2, 0.25) is 0 Å². The third-order valence-electron chi connectivity index (χ3n) is 5.27. The molecule has 30 heavy (non-hydrogen) atoms. The van der Waals surface area contributed by atoms with Crippen molar-refractivity contribution >= 4 is 11.6 Å². The van der Waals surface area contributed by atoms with Crippen molar-refractivity contribution < 1.29 is 9.53 Å². The summed E-state index contributed by atoms with van der Waals surface area (Å²) in [5.41, 5.74) is 3.49. The average Bonchev–Trinajstić information content (AvgIpc) is 2.91. The maximum atomic E-state index is 13.0. The van der Waals surface area contributed by atoms with Crippen molar-refractivity contribution in [1.82, 2.24) is 9.36 Å². The van der Waals surface area contributed by atoms with Crippen molar-refractivity contribution in [2.45, 2.75) is 46.6 Å². The van der Waals surface area contributed by atoms with Gasteiger partial charge in [0.15, 0.2) is 6.10 Å². The number of benzene rings is 2. The monoisotopic (exact) mass is 407 g/mol. The predicted molar refractivity (Wildman–Crippen MR) is 120 cm³/mol. The molecule has 0 radical (unpaired) electrons. The molecule has 1 heterocycles. The smallest absolute Gasteiger partial charge is 0.295 e. The van der Waals surface area contributed by atoms with Crippen LogP contribution in [0.4, 0.5) is 5.69 Å². The SMILES string of the molecule is Cc1ccc(C(C)C)c(O[C@@H](C)C(=O)Nc2c(C)n(C)n(-c3ccccc3)c2=O)c1. The van der Waals surface area contributed by atoms with E-state index in [0.29, 0.717) is 11.4 Å². The Kier molecular flexibility index (Phi) is 6.15. The minimum atomic E-state index is -0.756. The summed E-state index contributed by atoms with van der Waals surface area (Å²) in [5.74, 6) is 0.599. The van der Waals surface area contributed by atoms with Gasteiger partial charge in [0, 0.05) is 7.05 Å². The number of anilines is 1. The number of nitrogens with one attached hydrogen (secondary N) is 1. The topological polar surface area (TPSA) is 65.3 Å². The van der Waals surface area contributed by atoms with E-state index < -0.39 is 6.10 Å². The van der Waals surface area contributed by atoms with Gasteiger partial charge in [-0.3, -0.25) is 14.3 Å². The number of hydrogen-bond acceptors (Lipinski definition) is 3. The van der Waals surface area contributed by atoms with E-state index in [-0.39, 0.29) is 23.1 Å². The number of carbonyl (C=O) groups excluding carboxylic acids is 1. The van der Waals surface area contributed by atoms with Crippen LogP contribution in [-0.4, -0.2) is 21.4 Å². The molecule has 6 nitrogen and oxygen atoms in total. The summed E-state index contributed by atoms with van der Waals surface area (Å²) in [6, 6.07) is 15.3. The van der Waals surface area contributed by atoms with Crippen LogP contribution in [0.2, 0.25) is 0 Å². The van der Waals surface area contributed by atoms with Crippen molar-refractivity contribution in [3.05, 3.63) is 75.7 Å². The van der Waals surface area contributed by atoms with E-state index in [0.717, 1.165) is 16.8 Å². The zero-order valence-corrected chi connectivity index (χ0v) is 18.4. The molecule has 3 aromatic rings. The first-order valence-corrected chi connectivity index (χ1v) is 10.1. The Bertz CT molecular complexity index is 1110. The van der Waals surface area contributed by atoms with Crippen molar-refractivity contribution in [3.8, 4) is 11.4 Å². The molecule has 0 saturated heterocycles. The normalized spacial score (nSPS) is 12.1. The van der Waals surface area contributed by atoms with Gasteiger partial charge in [-0.1, -0.05) is 44.2 Å². The Labute approximate surface area is 177 Å². The zero-order chi connectivity index (χ0) is 22.0. The van der Waals surface area contributed by atoms with Crippen LogP contribution in [0.1, 0.15) is 43.5 Å². The Morgan fingerprint density at radius 1 is 1.03 bits per heavy atom. The molecule has 1 N–H and O–H groups in total. The van der Waals surface area contributed by atoms with E-state index in [2.05, 4.69) is 19.2 Å². The molecule has 0 spiro atoms. The summed E-state index contributed by atoms with van der Waals surface area (Å²) < 4.78 is 9.26. The number of aromatic nitrogens is 2. The van der Waals surface area contributed by atoms with Crippen molar-refractivity contribution in [2.24, 2.45) is 7.05 Å². The highest BCUT2D eigenvalue weighted by molar-refractivity contribution is 5.94. The number of ether oxygens (including phenoxy) is 1. The van der Waals surface area contributed by atoms with Crippen LogP contribution in [0.15, 0.2) is 53.3 Å². The lowest BCUT2D eigenvalue weighted by molar-refractivity contribution is -0.122. The number of rotatable bonds is 6. The predicted octanol–water partition coefficient (Wildman–Crippen LogP) is 4.32. The largest absolute Gasteiger partial charge is 0.481 e. The Balaban J connectivity index is 1.85. The van der Waals surface area contributed by atoms with E-state index in [4.69, 9.17) is 4.74 Å². The first kappa shape index (κ1) is 21.4. The van der Waals surface area contributed by atoms with Gasteiger partial charge < -0.3 is 10.1 Å². The maximum absolute atomic E-state index is 13.0. The number of aryl methyl sites for hydroxylation is 1. The number of amides is 1. The molecule has 1 aromatic heterocycles. The van der Waals surface area contributed by atoms with Gasteiger partial charge in [0.05, 0.1) is 11.4 Å². The van der Waals surface area contributed by atoms with Crippen LogP contribution in [0.25, 0.3) is 5.69 Å². The lowest BCUT2D eigenvalue weighted by Gasteiger charge is -2.19. The highest BCUT2D eigenvalue weighted by atomic mass is 16.5. The van der Waals surface area contributed by atoms with E-state index in [9.17, 15) is 9.59 Å². The second-order valence-corrected chi connectivity index (χ2v) is 7.88. The molecule has 1 atom stereocenters. The lowest BCUT2D eigenvalue weighted by Crippen LogP contribution is -2.32. The highest BCUT2D eigenvalue weighted by Crippen LogP contribution is 2.28. The Hall–Kier alpha value is -3.28. The summed E-state index contributed by atoms with van der Waals surface area (Å²) in [7, 11) is 1.79. The molecular weight excluding hydrogens is 378 g/mol. The summed E-state index contributed by atoms with van der Waals surface area (Å²) in [5, 5.41) is 2.77. The minimum absolute atomic E-state index is 0.259. The van der Waals surface area contributed by atoms with Crippen LogP contribution in [0.5, 0.6) is 5.75 Å². The third kappa shape index (κ3) is 4.17. The quantitative estimate of drug-likeness (QED) is 0.662. The van der Waals surface area contributed by atoms with Gasteiger partial charge in [-0.15, -0.1) is 0 Å². The number of para-hydroxylation sites is 1. The van der Waals surface area contributed by atoms with E-state index in [1.165, 1.54) is 4.68 Å². The average molecular weight is 408 g/mol. The van der Waals surface area contributed by atoms with Gasteiger partial charge in [-0.05, 0) is 56.0 Å². The van der Waals surface area contributed by atoms with E-state index in [1.807, 2.05) is 55.5 Å². The van der Waals surface area contributed by atoms with Crippen LogP contribution in [0, 0.1) is 13.8 Å². The third-order valence-corrected chi connectivity index (χ3v) is 5.27. The summed E-state index contributed by atoms with van der Waals surface area (Å²) in [4.78, 5) is 25.9. The van der Waals surface area contributed by atoms with Gasteiger partial charge in [-0.2, -0.15) is 0 Å². The molecule has 0 aliphatic heterocycles. The minimum Gasteiger partial charge on any atom is -0.481 e. The van der Waals surface area contributed by atoms with Gasteiger partial charge in [0.1, 0.15) is 11.4 Å². The second-order valence-electron chi connectivity index (χ2n) is 7.88. The molecule has 0 bridgehead atoms. The molecule has 158 valence electrons. The van der Waals surface area contributed by atoms with Crippen molar-refractivity contribution in [2.75, 3.05) is 5.32 Å². The fraction of sp³-hybridized carbons (Fsp3) is 0.333. The molecule has 6 heteroatoms. The van der Waals surface area contributed by atoms with Gasteiger partial charge >= 0.3 is 0 Å². The number of hydrogen-bond donors (Lipinski definition) is 1. The fourth-order valence-electron chi connectivity index (χ4n) is 3.40. The van der Waals surface area contributed by atoms with E-state index >= 15 is 0 Å². The molecule has 1 amide bonds. The van der Waals surface area contributed by atoms with Crippen molar-refractivity contribution in [3.63, 3.8) is 0 Å². The zero-order valence-electron chi connectivity index (χ0n) is 18.4. The lowest BCUT2D eigenvalue weighted by atomic mass is 10.0. The van der Waals surface area contributed by atoms with Gasteiger partial charge in [0.25, 0.3) is 11.5 Å². The molecule has 0 unspecified atom stereocenters. The highest BCUT2D eigenvalue weighted by Gasteiger charge is 2.23. The molecule has 0 saturated carbocycles. The number of carbonyl (C=O) groups is 1. The van der Waals surface area contributed by atoms with Crippen LogP contribution in [0.3, 0.4) is 0 Å². The first-order valence-electron chi connectivity index (χ1n) is 10.1. The molecule has 0 aliphatic carbocycles. The molecular formula is C24H29N3O3. The molecule has 0 aliphatic rings. The summed E-state index contributed by atoms with van der Waals surface area (Å²) in [6.45, 7) is 9.65. The summed E-state index contributed by atoms with van der Waals surface area (Å²) >= 11 is 0. The van der Waals surface area contributed by atoms with E-state index in [1.54, 1.807) is 25.6 Å². The van der Waals surface area contributed by atoms with Gasteiger partial charge in [-0.25, -0.2) is 4.68 Å². The molecule has 0 fully saturated rings. The standard InChI is InChI=1S/C24H29N3O3/c1-15(2)20-13-12-16(3)14-21(20)30-18(5)23(28)25-22-17(4)26(6)27(24(22)29)19-10-8-7-9-11-19/h7-15,18H,1-6H3,(H,25,28)/t18-/m0/s1. The van der Waals surface area contributed by atoms with Crippen LogP contribution in [-0.2, 0) is 11.8 Å². The second kappa shape index (κ2) is 8.61. The number of nitrogens with zero attached hydrogens (tertiary/aromatic N) is 2. The Morgan fingerprint density at radius 3 is 2.33 bits per heavy atom. The molecule has 2 aromatic carbocycles. The van der Waals surface area contributed by atoms with Crippen molar-refractivity contribution in [1.29, 1.82) is 0 Å². The van der Waals surface area contributed by atoms with Crippen LogP contribution < -0.4 is 15.6 Å². The summed E-state index contributed by atoms with van der Waals surface area (Å²) in [6.07, 6.45) is -0.756. The Morgan fingerprint density at radius 2 is 1.70 bits per heavy atom. The molecule has 3 rings (SSSR count). The first-order chi connectivity index (χ1) is 14.2.